The van der Waals surface area contributed by atoms with Gasteiger partial charge in [-0.05, 0) is 82.5 Å². The van der Waals surface area contributed by atoms with Crippen molar-refractivity contribution in [1.82, 2.24) is 19.4 Å². The molecule has 1 aliphatic rings. The molecule has 0 radical (unpaired) electrons. The van der Waals surface area contributed by atoms with Crippen LogP contribution in [0.5, 0.6) is 0 Å². The van der Waals surface area contributed by atoms with E-state index in [0.717, 1.165) is 22.9 Å². The fourth-order valence-electron chi connectivity index (χ4n) is 5.38. The number of hydrogen-bond donors (Lipinski definition) is 1. The van der Waals surface area contributed by atoms with Gasteiger partial charge in [0.05, 0.1) is 23.4 Å². The van der Waals surface area contributed by atoms with Crippen LogP contribution in [0, 0.1) is 19.7 Å². The highest BCUT2D eigenvalue weighted by atomic mass is 35.5. The Morgan fingerprint density at radius 3 is 2.54 bits per heavy atom. The summed E-state index contributed by atoms with van der Waals surface area (Å²) in [7, 11) is 1.35. The van der Waals surface area contributed by atoms with E-state index in [0.29, 0.717) is 47.1 Å². The minimum absolute atomic E-state index is 0.00259. The molecule has 1 amide bonds. The molecule has 1 fully saturated rings. The number of halogens is 2. The highest BCUT2D eigenvalue weighted by Gasteiger charge is 2.29. The fraction of sp³-hybridized carbons (Fsp3) is 0.355. The van der Waals surface area contributed by atoms with Crippen molar-refractivity contribution in [3.63, 3.8) is 0 Å². The number of pyridine rings is 2. The summed E-state index contributed by atoms with van der Waals surface area (Å²) in [5, 5.41) is 4.30. The van der Waals surface area contributed by atoms with Gasteiger partial charge in [-0.2, -0.15) is 0 Å². The van der Waals surface area contributed by atoms with Crippen LogP contribution >= 0.6 is 11.6 Å². The molecule has 0 bridgehead atoms. The number of benzene rings is 1. The number of hydrogen-bond acceptors (Lipinski definition) is 6. The lowest BCUT2D eigenvalue weighted by Crippen LogP contribution is -2.32. The number of rotatable bonds is 5. The van der Waals surface area contributed by atoms with Gasteiger partial charge in [-0.1, -0.05) is 17.7 Å². The van der Waals surface area contributed by atoms with E-state index in [1.54, 1.807) is 30.0 Å². The summed E-state index contributed by atoms with van der Waals surface area (Å²) in [5.41, 5.74) is 4.01. The van der Waals surface area contributed by atoms with Crippen LogP contribution in [0.25, 0.3) is 22.2 Å². The number of carbonyl (C=O) groups is 2. The second-order valence-electron chi connectivity index (χ2n) is 11.4. The maximum atomic E-state index is 14.3. The second kappa shape index (κ2) is 10.8. The van der Waals surface area contributed by atoms with E-state index in [2.05, 4.69) is 31.1 Å². The molecule has 3 aromatic heterocycles. The number of anilines is 1. The van der Waals surface area contributed by atoms with Crippen LogP contribution in [0.4, 0.5) is 10.2 Å². The summed E-state index contributed by atoms with van der Waals surface area (Å²) < 4.78 is 21.2. The fourth-order valence-corrected chi connectivity index (χ4v) is 5.49. The molecule has 1 aliphatic heterocycles. The van der Waals surface area contributed by atoms with Crippen LogP contribution in [0.15, 0.2) is 42.6 Å². The lowest BCUT2D eigenvalue weighted by Gasteiger charge is -2.22. The van der Waals surface area contributed by atoms with Crippen molar-refractivity contribution in [1.29, 1.82) is 0 Å². The van der Waals surface area contributed by atoms with E-state index >= 15 is 0 Å². The summed E-state index contributed by atoms with van der Waals surface area (Å²) in [6.07, 6.45) is 2.70. The lowest BCUT2D eigenvalue weighted by molar-refractivity contribution is 0.0598. The lowest BCUT2D eigenvalue weighted by atomic mass is 10.1. The maximum Gasteiger partial charge on any atom is 0.339 e. The molecule has 0 aliphatic carbocycles. The zero-order valence-corrected chi connectivity index (χ0v) is 24.8. The van der Waals surface area contributed by atoms with Gasteiger partial charge in [0.15, 0.2) is 0 Å². The Kier molecular flexibility index (Phi) is 7.50. The van der Waals surface area contributed by atoms with Crippen LogP contribution in [0.2, 0.25) is 5.02 Å². The molecule has 41 heavy (non-hydrogen) atoms. The number of aryl methyl sites for hydroxylation is 2. The van der Waals surface area contributed by atoms with Gasteiger partial charge in [-0.15, -0.1) is 0 Å². The SMILES string of the molecule is COC(=O)c1c(C)cc(N[C@@H]2CCN(C(=O)c3ccc4c(-c5ccc(Cl)c(F)c5)cn(C(C)(C)C)c4n3)C2)nc1C. The number of likely N-dealkylation sites (tertiary alicyclic amines) is 1. The third-order valence-corrected chi connectivity index (χ3v) is 7.75. The van der Waals surface area contributed by atoms with Crippen molar-refractivity contribution in [3.05, 3.63) is 75.9 Å². The number of methoxy groups -OCH3 is 1. The minimum Gasteiger partial charge on any atom is -0.465 e. The van der Waals surface area contributed by atoms with Crippen molar-refractivity contribution in [2.24, 2.45) is 0 Å². The van der Waals surface area contributed by atoms with Crippen LogP contribution < -0.4 is 5.32 Å². The minimum atomic E-state index is -0.488. The number of nitrogens with one attached hydrogen (secondary N) is 1. The van der Waals surface area contributed by atoms with Crippen molar-refractivity contribution in [2.75, 3.05) is 25.5 Å². The molecule has 0 unspecified atom stereocenters. The van der Waals surface area contributed by atoms with Crippen molar-refractivity contribution in [2.45, 2.75) is 52.6 Å². The maximum absolute atomic E-state index is 14.3. The number of fused-ring (bicyclic) bond motifs is 1. The van der Waals surface area contributed by atoms with Gasteiger partial charge in [0.1, 0.15) is 23.0 Å². The largest absolute Gasteiger partial charge is 0.465 e. The van der Waals surface area contributed by atoms with E-state index in [1.807, 2.05) is 29.8 Å². The standard InChI is InChI=1S/C31H33ClFN5O3/c1-17-13-26(34-18(2)27(17)30(40)41-6)35-20-11-12-37(15-20)29(39)25-10-8-21-22(19-7-9-23(32)24(33)14-19)16-38(28(21)36-25)31(3,4)5/h7-10,13-14,16,20H,11-12,15H2,1-6H3,(H,34,35)/t20-/m1/s1. The Morgan fingerprint density at radius 1 is 1.12 bits per heavy atom. The van der Waals surface area contributed by atoms with Gasteiger partial charge in [-0.25, -0.2) is 19.2 Å². The summed E-state index contributed by atoms with van der Waals surface area (Å²) in [6, 6.07) is 10.2. The molecule has 0 spiro atoms. The summed E-state index contributed by atoms with van der Waals surface area (Å²) in [5.74, 6) is -0.400. The predicted octanol–water partition coefficient (Wildman–Crippen LogP) is 6.38. The molecule has 5 rings (SSSR count). The Hall–Kier alpha value is -3.98. The second-order valence-corrected chi connectivity index (χ2v) is 11.8. The Morgan fingerprint density at radius 2 is 1.88 bits per heavy atom. The quantitative estimate of drug-likeness (QED) is 0.277. The molecule has 4 aromatic rings. The zero-order valence-electron chi connectivity index (χ0n) is 24.0. The first-order valence-corrected chi connectivity index (χ1v) is 13.9. The smallest absolute Gasteiger partial charge is 0.339 e. The number of aromatic nitrogens is 3. The Labute approximate surface area is 243 Å². The molecule has 214 valence electrons. The number of carbonyl (C=O) groups excluding carboxylic acids is 2. The highest BCUT2D eigenvalue weighted by Crippen LogP contribution is 2.35. The van der Waals surface area contributed by atoms with Crippen molar-refractivity contribution >= 4 is 40.3 Å². The van der Waals surface area contributed by atoms with Gasteiger partial charge >= 0.3 is 5.97 Å². The molecule has 8 nitrogen and oxygen atoms in total. The first-order chi connectivity index (χ1) is 19.4. The average Bonchev–Trinajstić information content (AvgIpc) is 3.54. The number of ether oxygens (including phenoxy) is 1. The van der Waals surface area contributed by atoms with E-state index in [4.69, 9.17) is 21.3 Å². The molecular weight excluding hydrogens is 545 g/mol. The van der Waals surface area contributed by atoms with Gasteiger partial charge in [0, 0.05) is 41.8 Å². The van der Waals surface area contributed by atoms with Crippen LogP contribution in [-0.2, 0) is 10.3 Å². The number of amides is 1. The third-order valence-electron chi connectivity index (χ3n) is 7.44. The Bertz CT molecular complexity index is 1650. The first kappa shape index (κ1) is 28.5. The topological polar surface area (TPSA) is 89.4 Å². The molecule has 10 heteroatoms. The van der Waals surface area contributed by atoms with E-state index in [9.17, 15) is 14.0 Å². The molecule has 1 N–H and O–H groups in total. The highest BCUT2D eigenvalue weighted by molar-refractivity contribution is 6.30. The van der Waals surface area contributed by atoms with E-state index in [1.165, 1.54) is 13.2 Å². The number of esters is 1. The normalized spacial score (nSPS) is 15.4. The number of nitrogens with zero attached hydrogens (tertiary/aromatic N) is 4. The predicted molar refractivity (Wildman–Crippen MR) is 158 cm³/mol. The van der Waals surface area contributed by atoms with Crippen molar-refractivity contribution in [3.8, 4) is 11.1 Å². The van der Waals surface area contributed by atoms with E-state index in [-0.39, 0.29) is 22.5 Å². The van der Waals surface area contributed by atoms with E-state index < -0.39 is 11.8 Å². The summed E-state index contributed by atoms with van der Waals surface area (Å²) in [4.78, 5) is 36.8. The van der Waals surface area contributed by atoms with Crippen LogP contribution in [-0.4, -0.2) is 57.6 Å². The molecule has 1 atom stereocenters. The third kappa shape index (κ3) is 5.51. The summed E-state index contributed by atoms with van der Waals surface area (Å²) in [6.45, 7) is 10.9. The molecule has 4 heterocycles. The first-order valence-electron chi connectivity index (χ1n) is 13.5. The molecular formula is C31H33ClFN5O3. The molecule has 1 saturated heterocycles. The Balaban J connectivity index is 1.39. The van der Waals surface area contributed by atoms with Crippen LogP contribution in [0.3, 0.4) is 0 Å². The van der Waals surface area contributed by atoms with Crippen LogP contribution in [0.1, 0.15) is 59.3 Å². The molecule has 0 saturated carbocycles. The van der Waals surface area contributed by atoms with Crippen molar-refractivity contribution < 1.29 is 18.7 Å². The zero-order chi connectivity index (χ0) is 29.6. The average molecular weight is 578 g/mol. The van der Waals surface area contributed by atoms with Gasteiger partial charge in [-0.3, -0.25) is 4.79 Å². The van der Waals surface area contributed by atoms with Gasteiger partial charge in [0.25, 0.3) is 5.91 Å². The van der Waals surface area contributed by atoms with Gasteiger partial charge < -0.3 is 19.5 Å². The monoisotopic (exact) mass is 577 g/mol. The van der Waals surface area contributed by atoms with Gasteiger partial charge in [0.2, 0.25) is 0 Å². The molecule has 1 aromatic carbocycles. The summed E-state index contributed by atoms with van der Waals surface area (Å²) >= 11 is 5.91.